The molecule has 1 rings (SSSR count). The molecule has 1 aliphatic heterocycles. The van der Waals surface area contributed by atoms with Crippen molar-refractivity contribution in [2.45, 2.75) is 46.2 Å². The Kier molecular flexibility index (Phi) is 4.11. The van der Waals surface area contributed by atoms with Gasteiger partial charge >= 0.3 is 0 Å². The average Bonchev–Trinajstić information content (AvgIpc) is 2.18. The Bertz CT molecular complexity index is 383. The van der Waals surface area contributed by atoms with Crippen molar-refractivity contribution >= 4 is 23.4 Å². The van der Waals surface area contributed by atoms with E-state index in [0.717, 1.165) is 0 Å². The van der Waals surface area contributed by atoms with Crippen LogP contribution in [0.2, 0.25) is 0 Å². The van der Waals surface area contributed by atoms with Gasteiger partial charge in [0.1, 0.15) is 11.6 Å². The summed E-state index contributed by atoms with van der Waals surface area (Å²) in [5.74, 6) is -0.202. The number of nitrogens with one attached hydrogen (secondary N) is 1. The summed E-state index contributed by atoms with van der Waals surface area (Å²) < 4.78 is 0. The van der Waals surface area contributed by atoms with Crippen molar-refractivity contribution in [1.82, 2.24) is 10.2 Å². The molecule has 1 atom stereocenters. The molecule has 2 amide bonds. The largest absolute Gasteiger partial charge is 0.340 e. The lowest BCUT2D eigenvalue weighted by Crippen LogP contribution is -2.70. The Morgan fingerprint density at radius 2 is 1.94 bits per heavy atom. The lowest BCUT2D eigenvalue weighted by Gasteiger charge is -2.47. The molecule has 5 heteroatoms. The van der Waals surface area contributed by atoms with Crippen LogP contribution in [0.3, 0.4) is 0 Å². The molecule has 0 saturated carbocycles. The van der Waals surface area contributed by atoms with Gasteiger partial charge in [0.2, 0.25) is 11.8 Å². The van der Waals surface area contributed by atoms with Gasteiger partial charge in [-0.1, -0.05) is 38.4 Å². The van der Waals surface area contributed by atoms with Crippen molar-refractivity contribution in [1.29, 1.82) is 0 Å². The molecule has 1 fully saturated rings. The van der Waals surface area contributed by atoms with E-state index in [9.17, 15) is 9.59 Å². The van der Waals surface area contributed by atoms with Gasteiger partial charge in [-0.05, 0) is 19.3 Å². The normalized spacial score (nSPS) is 24.6. The maximum absolute atomic E-state index is 12.4. The summed E-state index contributed by atoms with van der Waals surface area (Å²) >= 11 is 5.52. The second-order valence-corrected chi connectivity index (χ2v) is 6.45. The Morgan fingerprint density at radius 3 is 2.39 bits per heavy atom. The number of amides is 2. The van der Waals surface area contributed by atoms with Gasteiger partial charge in [0.05, 0.1) is 0 Å². The second kappa shape index (κ2) is 4.92. The summed E-state index contributed by atoms with van der Waals surface area (Å²) in [6, 6.07) is -0.481. The summed E-state index contributed by atoms with van der Waals surface area (Å²) in [4.78, 5) is 26.2. The fourth-order valence-electron chi connectivity index (χ4n) is 2.25. The fraction of sp³-hybridized carbons (Fsp3) is 0.692. The minimum absolute atomic E-state index is 0.0863. The topological polar surface area (TPSA) is 49.4 Å². The molecule has 0 radical (unpaired) electrons. The maximum atomic E-state index is 12.4. The second-order valence-electron chi connectivity index (χ2n) is 6.20. The van der Waals surface area contributed by atoms with E-state index in [-0.39, 0.29) is 17.2 Å². The molecule has 0 aromatic carbocycles. The van der Waals surface area contributed by atoms with Crippen LogP contribution in [-0.2, 0) is 9.59 Å². The van der Waals surface area contributed by atoms with Crippen molar-refractivity contribution < 1.29 is 9.59 Å². The van der Waals surface area contributed by atoms with Gasteiger partial charge in [-0.15, -0.1) is 0 Å². The van der Waals surface area contributed by atoms with Crippen LogP contribution >= 0.6 is 11.6 Å². The maximum Gasteiger partial charge on any atom is 0.248 e. The van der Waals surface area contributed by atoms with E-state index in [4.69, 9.17) is 11.6 Å². The zero-order chi connectivity index (χ0) is 14.1. The molecule has 0 spiro atoms. The number of carbonyl (C=O) groups excluding carboxylic acids is 2. The summed E-state index contributed by atoms with van der Waals surface area (Å²) in [7, 11) is 0. The predicted octanol–water partition coefficient (Wildman–Crippen LogP) is 1.89. The third-order valence-electron chi connectivity index (χ3n) is 3.00. The Labute approximate surface area is 113 Å². The quantitative estimate of drug-likeness (QED) is 0.835. The number of hydrogen-bond donors (Lipinski definition) is 1. The molecule has 1 saturated heterocycles. The third-order valence-corrected chi connectivity index (χ3v) is 3.18. The van der Waals surface area contributed by atoms with Gasteiger partial charge in [0.25, 0.3) is 0 Å². The number of halogens is 1. The third kappa shape index (κ3) is 2.86. The minimum Gasteiger partial charge on any atom is -0.340 e. The number of carbonyl (C=O) groups is 2. The van der Waals surface area contributed by atoms with Crippen LogP contribution in [0.4, 0.5) is 0 Å². The van der Waals surface area contributed by atoms with E-state index in [1.54, 1.807) is 24.8 Å². The van der Waals surface area contributed by atoms with Crippen LogP contribution in [0.25, 0.3) is 0 Å². The SMILES string of the molecule is CC1(C)NC(=O)C(C(C)(C)C)N(C/C=C/Cl)C1=O. The lowest BCUT2D eigenvalue weighted by atomic mass is 9.81. The van der Waals surface area contributed by atoms with Crippen LogP contribution in [0.1, 0.15) is 34.6 Å². The number of rotatable bonds is 2. The summed E-state index contributed by atoms with van der Waals surface area (Å²) in [6.07, 6.45) is 1.67. The molecule has 102 valence electrons. The molecule has 1 heterocycles. The monoisotopic (exact) mass is 272 g/mol. The molecule has 4 nitrogen and oxygen atoms in total. The number of piperazine rings is 1. The summed E-state index contributed by atoms with van der Waals surface area (Å²) in [5, 5.41) is 2.78. The Morgan fingerprint density at radius 1 is 1.39 bits per heavy atom. The van der Waals surface area contributed by atoms with E-state index in [2.05, 4.69) is 5.32 Å². The van der Waals surface area contributed by atoms with Crippen molar-refractivity contribution in [2.24, 2.45) is 5.41 Å². The highest BCUT2D eigenvalue weighted by Crippen LogP contribution is 2.30. The van der Waals surface area contributed by atoms with Gasteiger partial charge in [0.15, 0.2) is 0 Å². The van der Waals surface area contributed by atoms with Gasteiger partial charge in [-0.2, -0.15) is 0 Å². The van der Waals surface area contributed by atoms with Crippen LogP contribution < -0.4 is 5.32 Å². The molecule has 0 bridgehead atoms. The highest BCUT2D eigenvalue weighted by Gasteiger charge is 2.48. The Hall–Kier alpha value is -1.03. The van der Waals surface area contributed by atoms with Crippen LogP contribution in [-0.4, -0.2) is 34.8 Å². The first kappa shape index (κ1) is 15.0. The van der Waals surface area contributed by atoms with Gasteiger partial charge < -0.3 is 10.2 Å². The molecule has 0 aromatic rings. The van der Waals surface area contributed by atoms with Crippen molar-refractivity contribution in [2.75, 3.05) is 6.54 Å². The van der Waals surface area contributed by atoms with Crippen molar-refractivity contribution in [3.63, 3.8) is 0 Å². The highest BCUT2D eigenvalue weighted by molar-refractivity contribution is 6.25. The molecule has 0 aromatic heterocycles. The van der Waals surface area contributed by atoms with Crippen LogP contribution in [0, 0.1) is 5.41 Å². The molecule has 1 unspecified atom stereocenters. The zero-order valence-corrected chi connectivity index (χ0v) is 12.3. The van der Waals surface area contributed by atoms with E-state index >= 15 is 0 Å². The van der Waals surface area contributed by atoms with E-state index in [1.807, 2.05) is 20.8 Å². The molecule has 1 aliphatic rings. The smallest absolute Gasteiger partial charge is 0.248 e. The first-order chi connectivity index (χ1) is 8.11. The van der Waals surface area contributed by atoms with Gasteiger partial charge in [-0.25, -0.2) is 0 Å². The summed E-state index contributed by atoms with van der Waals surface area (Å²) in [5.41, 5.74) is 0.182. The van der Waals surface area contributed by atoms with Crippen molar-refractivity contribution in [3.05, 3.63) is 11.6 Å². The van der Waals surface area contributed by atoms with Gasteiger partial charge in [0, 0.05) is 12.1 Å². The first-order valence-electron chi connectivity index (χ1n) is 5.99. The summed E-state index contributed by atoms with van der Waals surface area (Å²) in [6.45, 7) is 9.61. The Balaban J connectivity index is 3.14. The number of nitrogens with zero attached hydrogens (tertiary/aromatic N) is 1. The standard InChI is InChI=1S/C13H21ClN2O2/c1-12(2,3)9-10(17)15-13(4,5)11(18)16(9)8-6-7-14/h6-7,9H,8H2,1-5H3,(H,15,17)/b7-6+. The van der Waals surface area contributed by atoms with Gasteiger partial charge in [-0.3, -0.25) is 9.59 Å². The average molecular weight is 273 g/mol. The minimum atomic E-state index is -0.862. The van der Waals surface area contributed by atoms with E-state index in [0.29, 0.717) is 6.54 Å². The predicted molar refractivity (Wildman–Crippen MR) is 72.2 cm³/mol. The fourth-order valence-corrected chi connectivity index (χ4v) is 2.33. The van der Waals surface area contributed by atoms with Crippen molar-refractivity contribution in [3.8, 4) is 0 Å². The number of hydrogen-bond acceptors (Lipinski definition) is 2. The van der Waals surface area contributed by atoms with E-state index < -0.39 is 11.6 Å². The lowest BCUT2D eigenvalue weighted by molar-refractivity contribution is -0.157. The molecular formula is C13H21ClN2O2. The molecular weight excluding hydrogens is 252 g/mol. The van der Waals surface area contributed by atoms with E-state index in [1.165, 1.54) is 5.54 Å². The first-order valence-corrected chi connectivity index (χ1v) is 6.43. The highest BCUT2D eigenvalue weighted by atomic mass is 35.5. The molecule has 1 N–H and O–H groups in total. The zero-order valence-electron chi connectivity index (χ0n) is 11.6. The van der Waals surface area contributed by atoms with Crippen LogP contribution in [0.5, 0.6) is 0 Å². The molecule has 18 heavy (non-hydrogen) atoms. The molecule has 0 aliphatic carbocycles. The van der Waals surface area contributed by atoms with Crippen LogP contribution in [0.15, 0.2) is 11.6 Å².